The van der Waals surface area contributed by atoms with Crippen LogP contribution in [0.15, 0.2) is 24.3 Å². The molecule has 0 heterocycles. The third kappa shape index (κ3) is 3.70. The first kappa shape index (κ1) is 15.7. The van der Waals surface area contributed by atoms with E-state index in [-0.39, 0.29) is 11.0 Å². The van der Waals surface area contributed by atoms with Crippen LogP contribution < -0.4 is 0 Å². The summed E-state index contributed by atoms with van der Waals surface area (Å²) in [6.45, 7) is 3.99. The highest BCUT2D eigenvalue weighted by Crippen LogP contribution is 2.29. The third-order valence-corrected chi connectivity index (χ3v) is 6.31. The van der Waals surface area contributed by atoms with Gasteiger partial charge in [0.05, 0.1) is 5.25 Å². The molecular weight excluding hydrogens is 292 g/mol. The Balaban J connectivity index is 2.06. The van der Waals surface area contributed by atoms with Crippen molar-refractivity contribution >= 4 is 28.2 Å². The van der Waals surface area contributed by atoms with Gasteiger partial charge in [-0.25, -0.2) is 0 Å². The number of ketones is 1. The van der Waals surface area contributed by atoms with E-state index in [1.54, 1.807) is 31.2 Å². The maximum atomic E-state index is 12.6. The van der Waals surface area contributed by atoms with Crippen LogP contribution in [0.4, 0.5) is 0 Å². The Morgan fingerprint density at radius 2 is 1.95 bits per heavy atom. The second-order valence-electron chi connectivity index (χ2n) is 5.74. The normalized spacial score (nSPS) is 25.9. The highest BCUT2D eigenvalue weighted by atomic mass is 35.5. The Morgan fingerprint density at radius 1 is 1.30 bits per heavy atom. The fraction of sp³-hybridized carbons (Fsp3) is 0.562. The number of hydrogen-bond donors (Lipinski definition) is 0. The second kappa shape index (κ2) is 6.86. The van der Waals surface area contributed by atoms with E-state index in [0.29, 0.717) is 16.5 Å². The minimum Gasteiger partial charge on any atom is -0.293 e. The molecule has 20 heavy (non-hydrogen) atoms. The summed E-state index contributed by atoms with van der Waals surface area (Å²) in [6, 6.07) is 6.82. The number of rotatable bonds is 4. The molecule has 0 spiro atoms. The van der Waals surface area contributed by atoms with Gasteiger partial charge in [0, 0.05) is 26.6 Å². The van der Waals surface area contributed by atoms with Gasteiger partial charge in [0.2, 0.25) is 0 Å². The van der Waals surface area contributed by atoms with Crippen molar-refractivity contribution in [3.8, 4) is 0 Å². The maximum absolute atomic E-state index is 12.6. The number of benzene rings is 1. The highest BCUT2D eigenvalue weighted by molar-refractivity contribution is 7.87. The summed E-state index contributed by atoms with van der Waals surface area (Å²) in [6.07, 6.45) is 4.30. The number of carbonyl (C=O) groups is 1. The van der Waals surface area contributed by atoms with Gasteiger partial charge >= 0.3 is 0 Å². The predicted octanol–water partition coefficient (Wildman–Crippen LogP) is 4.24. The summed E-state index contributed by atoms with van der Waals surface area (Å²) in [7, 11) is -1.09. The van der Waals surface area contributed by atoms with Crippen molar-refractivity contribution in [3.63, 3.8) is 0 Å². The van der Waals surface area contributed by atoms with Gasteiger partial charge < -0.3 is 0 Å². The minimum absolute atomic E-state index is 0.0433. The van der Waals surface area contributed by atoms with Gasteiger partial charge in [-0.3, -0.25) is 9.00 Å². The molecule has 0 radical (unpaired) electrons. The van der Waals surface area contributed by atoms with Gasteiger partial charge in [-0.05, 0) is 49.9 Å². The Labute approximate surface area is 128 Å². The van der Waals surface area contributed by atoms with E-state index in [9.17, 15) is 9.00 Å². The minimum atomic E-state index is -1.09. The van der Waals surface area contributed by atoms with Crippen molar-refractivity contribution in [2.75, 3.05) is 0 Å². The van der Waals surface area contributed by atoms with Crippen LogP contribution in [0.25, 0.3) is 0 Å². The Bertz CT molecular complexity index is 498. The summed E-state index contributed by atoms with van der Waals surface area (Å²) in [5.74, 6) is 0.578. The van der Waals surface area contributed by atoms with Crippen molar-refractivity contribution in [2.24, 2.45) is 5.92 Å². The van der Waals surface area contributed by atoms with Crippen molar-refractivity contribution in [2.45, 2.75) is 50.0 Å². The molecule has 0 saturated heterocycles. The van der Waals surface area contributed by atoms with Gasteiger partial charge in [-0.1, -0.05) is 31.4 Å². The smallest absolute Gasteiger partial charge is 0.178 e. The predicted molar refractivity (Wildman–Crippen MR) is 84.8 cm³/mol. The SMILES string of the molecule is CC1CCCC(S(=O)C(C)C(=O)c2ccc(Cl)cc2)C1. The molecule has 0 aliphatic heterocycles. The lowest BCUT2D eigenvalue weighted by Gasteiger charge is -2.27. The molecule has 1 aliphatic carbocycles. The number of carbonyl (C=O) groups excluding carboxylic acids is 1. The van der Waals surface area contributed by atoms with Crippen molar-refractivity contribution in [3.05, 3.63) is 34.9 Å². The van der Waals surface area contributed by atoms with E-state index in [1.165, 1.54) is 6.42 Å². The first-order chi connectivity index (χ1) is 9.49. The molecule has 0 N–H and O–H groups in total. The van der Waals surface area contributed by atoms with Crippen LogP contribution in [0.3, 0.4) is 0 Å². The fourth-order valence-electron chi connectivity index (χ4n) is 2.83. The quantitative estimate of drug-likeness (QED) is 0.779. The summed E-state index contributed by atoms with van der Waals surface area (Å²) >= 11 is 5.82. The van der Waals surface area contributed by atoms with Gasteiger partial charge in [-0.15, -0.1) is 0 Å². The molecule has 4 unspecified atom stereocenters. The molecule has 2 rings (SSSR count). The summed E-state index contributed by atoms with van der Waals surface area (Å²) in [5, 5.41) is 0.341. The fourth-order valence-corrected chi connectivity index (χ4v) is 4.80. The Morgan fingerprint density at radius 3 is 2.55 bits per heavy atom. The van der Waals surface area contributed by atoms with E-state index in [4.69, 9.17) is 11.6 Å². The molecule has 0 bridgehead atoms. The zero-order chi connectivity index (χ0) is 14.7. The molecule has 4 heteroatoms. The topological polar surface area (TPSA) is 34.1 Å². The first-order valence-electron chi connectivity index (χ1n) is 7.18. The lowest BCUT2D eigenvalue weighted by atomic mass is 9.91. The molecule has 4 atom stereocenters. The van der Waals surface area contributed by atoms with Crippen LogP contribution in [-0.2, 0) is 10.8 Å². The van der Waals surface area contributed by atoms with E-state index in [1.807, 2.05) is 0 Å². The zero-order valence-electron chi connectivity index (χ0n) is 12.0. The molecular formula is C16H21ClO2S. The molecule has 2 nitrogen and oxygen atoms in total. The zero-order valence-corrected chi connectivity index (χ0v) is 13.5. The van der Waals surface area contributed by atoms with E-state index in [0.717, 1.165) is 19.3 Å². The van der Waals surface area contributed by atoms with Crippen molar-refractivity contribution < 1.29 is 9.00 Å². The molecule has 1 saturated carbocycles. The maximum Gasteiger partial charge on any atom is 0.178 e. The van der Waals surface area contributed by atoms with Crippen LogP contribution in [-0.4, -0.2) is 20.5 Å². The molecule has 1 aliphatic rings. The number of hydrogen-bond acceptors (Lipinski definition) is 2. The largest absolute Gasteiger partial charge is 0.293 e. The molecule has 1 fully saturated rings. The van der Waals surface area contributed by atoms with Crippen LogP contribution in [0.2, 0.25) is 5.02 Å². The van der Waals surface area contributed by atoms with Crippen molar-refractivity contribution in [1.29, 1.82) is 0 Å². The summed E-state index contributed by atoms with van der Waals surface area (Å²) in [5.41, 5.74) is 0.596. The lowest BCUT2D eigenvalue weighted by molar-refractivity contribution is 0.0992. The Hall–Kier alpha value is -0.670. The van der Waals surface area contributed by atoms with E-state index in [2.05, 4.69) is 6.92 Å². The number of halogens is 1. The van der Waals surface area contributed by atoms with E-state index < -0.39 is 16.0 Å². The average Bonchev–Trinajstić information content (AvgIpc) is 2.46. The highest BCUT2D eigenvalue weighted by Gasteiger charge is 2.30. The molecule has 0 aromatic heterocycles. The van der Waals surface area contributed by atoms with Gasteiger partial charge in [0.15, 0.2) is 5.78 Å². The first-order valence-corrected chi connectivity index (χ1v) is 8.83. The third-order valence-electron chi connectivity index (χ3n) is 4.06. The van der Waals surface area contributed by atoms with Crippen LogP contribution in [0.5, 0.6) is 0 Å². The van der Waals surface area contributed by atoms with Crippen LogP contribution >= 0.6 is 11.6 Å². The number of Topliss-reactive ketones (excluding diaryl/α,β-unsaturated/α-hetero) is 1. The van der Waals surface area contributed by atoms with Gasteiger partial charge in [0.1, 0.15) is 0 Å². The molecule has 0 amide bonds. The molecule has 1 aromatic carbocycles. The van der Waals surface area contributed by atoms with Crippen LogP contribution in [0, 0.1) is 5.92 Å². The summed E-state index contributed by atoms with van der Waals surface area (Å²) in [4.78, 5) is 12.4. The second-order valence-corrected chi connectivity index (χ2v) is 8.20. The van der Waals surface area contributed by atoms with E-state index >= 15 is 0 Å². The van der Waals surface area contributed by atoms with Gasteiger partial charge in [-0.2, -0.15) is 0 Å². The molecule has 110 valence electrons. The van der Waals surface area contributed by atoms with Crippen molar-refractivity contribution in [1.82, 2.24) is 0 Å². The van der Waals surface area contributed by atoms with Crippen LogP contribution in [0.1, 0.15) is 49.9 Å². The molecule has 1 aromatic rings. The standard InChI is InChI=1S/C16H21ClO2S/c1-11-4-3-5-15(10-11)20(19)12(2)16(18)13-6-8-14(17)9-7-13/h6-9,11-12,15H,3-5,10H2,1-2H3. The summed E-state index contributed by atoms with van der Waals surface area (Å²) < 4.78 is 12.6. The lowest BCUT2D eigenvalue weighted by Crippen LogP contribution is -2.33. The Kier molecular flexibility index (Phi) is 5.39. The monoisotopic (exact) mass is 312 g/mol. The van der Waals surface area contributed by atoms with Gasteiger partial charge in [0.25, 0.3) is 0 Å². The average molecular weight is 313 g/mol.